The van der Waals surface area contributed by atoms with Crippen LogP contribution in [-0.4, -0.2) is 21.9 Å². The highest BCUT2D eigenvalue weighted by atomic mass is 35.5. The molecule has 0 saturated heterocycles. The summed E-state index contributed by atoms with van der Waals surface area (Å²) < 4.78 is 6.94. The number of hydrogen-bond donors (Lipinski definition) is 0. The first-order valence-corrected chi connectivity index (χ1v) is 9.71. The second-order valence-electron chi connectivity index (χ2n) is 7.15. The minimum absolute atomic E-state index is 0.0963. The van der Waals surface area contributed by atoms with Crippen molar-refractivity contribution in [2.75, 3.05) is 6.61 Å². The molecular weight excluding hydrogens is 378 g/mol. The fraction of sp³-hybridized carbons (Fsp3) is 0.429. The van der Waals surface area contributed by atoms with Crippen molar-refractivity contribution in [3.63, 3.8) is 0 Å². The van der Waals surface area contributed by atoms with Crippen LogP contribution >= 0.6 is 11.6 Å². The third-order valence-corrected chi connectivity index (χ3v) is 5.02. The number of carbonyl (C=O) groups excluding carboxylic acids is 1. The number of carbonyl (C=O) groups is 1. The van der Waals surface area contributed by atoms with E-state index in [1.54, 1.807) is 24.3 Å². The molecule has 0 bridgehead atoms. The first-order valence-electron chi connectivity index (χ1n) is 9.34. The average molecular weight is 400 g/mol. The van der Waals surface area contributed by atoms with Crippen LogP contribution in [0.25, 0.3) is 11.3 Å². The van der Waals surface area contributed by atoms with Gasteiger partial charge in [-0.3, -0.25) is 14.2 Å². The van der Waals surface area contributed by atoms with Gasteiger partial charge in [0.2, 0.25) is 0 Å². The molecule has 1 aliphatic carbocycles. The van der Waals surface area contributed by atoms with Crippen LogP contribution in [-0.2, 0) is 22.7 Å². The number of nitrogens with zero attached hydrogens (tertiary/aromatic N) is 3. The van der Waals surface area contributed by atoms with Crippen molar-refractivity contribution in [2.45, 2.75) is 45.8 Å². The van der Waals surface area contributed by atoms with E-state index < -0.39 is 5.41 Å². The molecule has 6 nitrogen and oxygen atoms in total. The summed E-state index contributed by atoms with van der Waals surface area (Å²) in [6.07, 6.45) is 2.49. The van der Waals surface area contributed by atoms with Crippen LogP contribution in [0.5, 0.6) is 0 Å². The normalized spacial score (nSPS) is 14.5. The fourth-order valence-electron chi connectivity index (χ4n) is 3.00. The Bertz CT molecular complexity index is 956. The van der Waals surface area contributed by atoms with Gasteiger partial charge in [-0.15, -0.1) is 0 Å². The van der Waals surface area contributed by atoms with Crippen molar-refractivity contribution in [1.29, 1.82) is 5.26 Å². The lowest BCUT2D eigenvalue weighted by Gasteiger charge is -2.14. The van der Waals surface area contributed by atoms with Crippen molar-refractivity contribution in [3.05, 3.63) is 51.5 Å². The monoisotopic (exact) mass is 399 g/mol. The van der Waals surface area contributed by atoms with Gasteiger partial charge in [-0.1, -0.05) is 30.7 Å². The Hall–Kier alpha value is -2.49. The molecule has 2 aromatic rings. The molecule has 0 radical (unpaired) electrons. The molecule has 1 saturated carbocycles. The second-order valence-corrected chi connectivity index (χ2v) is 7.59. The Kier molecular flexibility index (Phi) is 6.28. The van der Waals surface area contributed by atoms with Gasteiger partial charge < -0.3 is 4.74 Å². The summed E-state index contributed by atoms with van der Waals surface area (Å²) in [5.41, 5.74) is 0.426. The van der Waals surface area contributed by atoms with Crippen molar-refractivity contribution in [3.8, 4) is 17.3 Å². The third kappa shape index (κ3) is 4.86. The van der Waals surface area contributed by atoms with Crippen molar-refractivity contribution in [1.82, 2.24) is 9.55 Å². The molecule has 0 amide bonds. The Morgan fingerprint density at radius 3 is 2.68 bits per heavy atom. The molecule has 28 heavy (non-hydrogen) atoms. The van der Waals surface area contributed by atoms with Crippen LogP contribution in [0.3, 0.4) is 0 Å². The zero-order valence-electron chi connectivity index (χ0n) is 15.8. The van der Waals surface area contributed by atoms with Gasteiger partial charge in [0, 0.05) is 29.7 Å². The van der Waals surface area contributed by atoms with Crippen LogP contribution in [0.15, 0.2) is 35.1 Å². The van der Waals surface area contributed by atoms with Gasteiger partial charge in [0.05, 0.1) is 23.7 Å². The molecule has 0 atom stereocenters. The standard InChI is InChI=1S/C21H22ClN3O3/c1-2-9-28-13-19-24-18(15-3-5-16(22)6-4-15)10-20(27)25(19)12-17(26)11-21(14-23)7-8-21/h3-6,10H,2,7-9,11-13H2,1H3. The molecular formula is C21H22ClN3O3. The first kappa shape index (κ1) is 20.2. The fourth-order valence-corrected chi connectivity index (χ4v) is 3.12. The lowest BCUT2D eigenvalue weighted by Crippen LogP contribution is -2.29. The topological polar surface area (TPSA) is 85.0 Å². The third-order valence-electron chi connectivity index (χ3n) is 4.77. The van der Waals surface area contributed by atoms with Crippen LogP contribution in [0, 0.1) is 16.7 Å². The predicted octanol–water partition coefficient (Wildman–Crippen LogP) is 3.75. The van der Waals surface area contributed by atoms with Gasteiger partial charge in [-0.25, -0.2) is 4.98 Å². The number of rotatable bonds is 9. The second kappa shape index (κ2) is 8.68. The molecule has 7 heteroatoms. The Morgan fingerprint density at radius 1 is 1.36 bits per heavy atom. The maximum atomic E-state index is 12.7. The highest BCUT2D eigenvalue weighted by Crippen LogP contribution is 2.48. The number of Topliss-reactive ketones (excluding diaryl/α,β-unsaturated/α-hetero) is 1. The van der Waals surface area contributed by atoms with E-state index in [0.717, 1.165) is 24.8 Å². The molecule has 1 heterocycles. The Balaban J connectivity index is 1.89. The van der Waals surface area contributed by atoms with Crippen molar-refractivity contribution < 1.29 is 9.53 Å². The van der Waals surface area contributed by atoms with Gasteiger partial charge in [-0.05, 0) is 31.4 Å². The molecule has 1 fully saturated rings. The molecule has 146 valence electrons. The van der Waals surface area contributed by atoms with Crippen LogP contribution < -0.4 is 5.56 Å². The van der Waals surface area contributed by atoms with Gasteiger partial charge in [-0.2, -0.15) is 5.26 Å². The summed E-state index contributed by atoms with van der Waals surface area (Å²) in [4.78, 5) is 29.8. The maximum Gasteiger partial charge on any atom is 0.254 e. The number of nitriles is 1. The highest BCUT2D eigenvalue weighted by Gasteiger charge is 2.44. The van der Waals surface area contributed by atoms with E-state index in [2.05, 4.69) is 11.1 Å². The van der Waals surface area contributed by atoms with E-state index >= 15 is 0 Å². The number of hydrogen-bond acceptors (Lipinski definition) is 5. The van der Waals surface area contributed by atoms with Gasteiger partial charge in [0.15, 0.2) is 5.78 Å². The SMILES string of the molecule is CCCOCc1nc(-c2ccc(Cl)cc2)cc(=O)n1CC(=O)CC1(C#N)CC1. The van der Waals surface area contributed by atoms with Gasteiger partial charge in [0.1, 0.15) is 12.4 Å². The average Bonchev–Trinajstić information content (AvgIpc) is 3.44. The largest absolute Gasteiger partial charge is 0.374 e. The molecule has 0 aliphatic heterocycles. The molecule has 3 rings (SSSR count). The summed E-state index contributed by atoms with van der Waals surface area (Å²) >= 11 is 5.93. The molecule has 0 unspecified atom stereocenters. The van der Waals surface area contributed by atoms with E-state index in [1.165, 1.54) is 10.6 Å². The van der Waals surface area contributed by atoms with Crippen molar-refractivity contribution in [2.24, 2.45) is 5.41 Å². The zero-order chi connectivity index (χ0) is 20.1. The minimum Gasteiger partial charge on any atom is -0.374 e. The molecule has 1 aromatic carbocycles. The minimum atomic E-state index is -0.532. The number of aromatic nitrogens is 2. The summed E-state index contributed by atoms with van der Waals surface area (Å²) in [5.74, 6) is 0.264. The summed E-state index contributed by atoms with van der Waals surface area (Å²) in [6, 6.07) is 10.7. The molecule has 1 aliphatic rings. The highest BCUT2D eigenvalue weighted by molar-refractivity contribution is 6.30. The Morgan fingerprint density at radius 2 is 2.07 bits per heavy atom. The number of halogens is 1. The van der Waals surface area contributed by atoms with Crippen molar-refractivity contribution >= 4 is 17.4 Å². The summed E-state index contributed by atoms with van der Waals surface area (Å²) in [6.45, 7) is 2.57. The van der Waals surface area contributed by atoms with E-state index in [4.69, 9.17) is 16.3 Å². The van der Waals surface area contributed by atoms with Crippen LogP contribution in [0.2, 0.25) is 5.02 Å². The maximum absolute atomic E-state index is 12.7. The number of benzene rings is 1. The van der Waals surface area contributed by atoms with E-state index in [0.29, 0.717) is 23.1 Å². The smallest absolute Gasteiger partial charge is 0.254 e. The first-order chi connectivity index (χ1) is 13.5. The van der Waals surface area contributed by atoms with Gasteiger partial charge >= 0.3 is 0 Å². The molecule has 1 aromatic heterocycles. The lowest BCUT2D eigenvalue weighted by molar-refractivity contribution is -0.120. The number of ketones is 1. The quantitative estimate of drug-likeness (QED) is 0.599. The van der Waals surface area contributed by atoms with Gasteiger partial charge in [0.25, 0.3) is 5.56 Å². The Labute approximate surface area is 168 Å². The number of ether oxygens (including phenoxy) is 1. The lowest BCUT2D eigenvalue weighted by atomic mass is 10.0. The molecule has 0 spiro atoms. The van der Waals surface area contributed by atoms with E-state index in [1.807, 2.05) is 6.92 Å². The van der Waals surface area contributed by atoms with Crippen LogP contribution in [0.4, 0.5) is 0 Å². The summed E-state index contributed by atoms with van der Waals surface area (Å²) in [5, 5.41) is 9.79. The molecule has 0 N–H and O–H groups in total. The van der Waals surface area contributed by atoms with E-state index in [-0.39, 0.29) is 30.9 Å². The predicted molar refractivity (Wildman–Crippen MR) is 106 cm³/mol. The van der Waals surface area contributed by atoms with E-state index in [9.17, 15) is 14.9 Å². The van der Waals surface area contributed by atoms with Crippen LogP contribution in [0.1, 0.15) is 38.4 Å². The summed E-state index contributed by atoms with van der Waals surface area (Å²) in [7, 11) is 0. The zero-order valence-corrected chi connectivity index (χ0v) is 16.5.